The number of benzene rings is 1. The normalized spacial score (nSPS) is 10.5. The Morgan fingerprint density at radius 3 is 2.67 bits per heavy atom. The van der Waals surface area contributed by atoms with Gasteiger partial charge in [0, 0.05) is 8.96 Å². The lowest BCUT2D eigenvalue weighted by Gasteiger charge is -1.99. The van der Waals surface area contributed by atoms with Crippen molar-refractivity contribution in [2.24, 2.45) is 0 Å². The Morgan fingerprint density at radius 1 is 1.08 bits per heavy atom. The molecule has 0 aliphatic rings. The zero-order valence-corrected chi connectivity index (χ0v) is 10.3. The zero-order chi connectivity index (χ0) is 8.55. The van der Waals surface area contributed by atoms with Crippen LogP contribution in [0.4, 0.5) is 0 Å². The fourth-order valence-electron chi connectivity index (χ4n) is 1.03. The Hall–Kier alpha value is 0.0200. The van der Waals surface area contributed by atoms with E-state index in [1.165, 1.54) is 3.57 Å². The van der Waals surface area contributed by atoms with Crippen molar-refractivity contribution in [2.75, 3.05) is 0 Å². The van der Waals surface area contributed by atoms with Crippen molar-refractivity contribution in [3.05, 3.63) is 31.8 Å². The van der Waals surface area contributed by atoms with Gasteiger partial charge in [-0.15, -0.1) is 0 Å². The van der Waals surface area contributed by atoms with Gasteiger partial charge in [-0.1, -0.05) is 6.07 Å². The summed E-state index contributed by atoms with van der Waals surface area (Å²) in [6.45, 7) is 0. The number of nitrogens with zero attached hydrogens (tertiary/aromatic N) is 2. The molecule has 60 valence electrons. The lowest BCUT2D eigenvalue weighted by molar-refractivity contribution is 1.19. The molecule has 0 spiro atoms. The summed E-state index contributed by atoms with van der Waals surface area (Å²) < 4.78 is 2.22. The molecular formula is C8H4I2N2. The van der Waals surface area contributed by atoms with Gasteiger partial charge in [0.2, 0.25) is 0 Å². The van der Waals surface area contributed by atoms with Gasteiger partial charge in [0.25, 0.3) is 0 Å². The molecule has 0 radical (unpaired) electrons. The second-order valence-electron chi connectivity index (χ2n) is 2.30. The van der Waals surface area contributed by atoms with E-state index in [4.69, 9.17) is 0 Å². The van der Waals surface area contributed by atoms with E-state index in [-0.39, 0.29) is 0 Å². The number of halogens is 2. The third-order valence-electron chi connectivity index (χ3n) is 1.57. The Bertz CT molecular complexity index is 392. The van der Waals surface area contributed by atoms with Crippen molar-refractivity contribution < 1.29 is 0 Å². The number of aromatic nitrogens is 2. The summed E-state index contributed by atoms with van der Waals surface area (Å²) in [4.78, 5) is 8.32. The lowest BCUT2D eigenvalue weighted by atomic mass is 10.2. The molecule has 1 heterocycles. The summed E-state index contributed by atoms with van der Waals surface area (Å²) in [5.74, 6) is 0. The molecule has 12 heavy (non-hydrogen) atoms. The van der Waals surface area contributed by atoms with Crippen molar-refractivity contribution in [1.82, 2.24) is 9.97 Å². The molecule has 0 bridgehead atoms. The van der Waals surface area contributed by atoms with Crippen LogP contribution in [-0.2, 0) is 0 Å². The Morgan fingerprint density at radius 2 is 1.92 bits per heavy atom. The molecule has 4 heteroatoms. The number of hydrogen-bond donors (Lipinski definition) is 0. The van der Waals surface area contributed by atoms with Gasteiger partial charge >= 0.3 is 0 Å². The van der Waals surface area contributed by atoms with Crippen LogP contribution in [0.5, 0.6) is 0 Å². The minimum absolute atomic E-state index is 1.02. The van der Waals surface area contributed by atoms with Gasteiger partial charge in [-0.3, -0.25) is 0 Å². The van der Waals surface area contributed by atoms with Crippen LogP contribution in [0.15, 0.2) is 24.5 Å². The fraction of sp³-hybridized carbons (Fsp3) is 0. The predicted octanol–water partition coefficient (Wildman–Crippen LogP) is 2.84. The fourth-order valence-corrected chi connectivity index (χ4v) is 2.98. The highest BCUT2D eigenvalue weighted by molar-refractivity contribution is 14.1. The first-order valence-corrected chi connectivity index (χ1v) is 5.49. The molecule has 0 fully saturated rings. The molecular weight excluding hydrogens is 378 g/mol. The second kappa shape index (κ2) is 3.41. The minimum atomic E-state index is 1.02. The third-order valence-corrected chi connectivity index (χ3v) is 3.28. The highest BCUT2D eigenvalue weighted by atomic mass is 127. The first-order valence-electron chi connectivity index (χ1n) is 3.34. The molecule has 2 nitrogen and oxygen atoms in total. The molecule has 0 aliphatic heterocycles. The van der Waals surface area contributed by atoms with Crippen LogP contribution in [0.25, 0.3) is 10.9 Å². The molecule has 2 aromatic rings. The summed E-state index contributed by atoms with van der Waals surface area (Å²) in [6, 6.07) is 6.07. The summed E-state index contributed by atoms with van der Waals surface area (Å²) >= 11 is 4.53. The summed E-state index contributed by atoms with van der Waals surface area (Å²) in [5, 5.41) is 1.15. The minimum Gasteiger partial charge on any atom is -0.236 e. The summed E-state index contributed by atoms with van der Waals surface area (Å²) in [6.07, 6.45) is 1.60. The molecule has 0 N–H and O–H groups in total. The molecule has 0 amide bonds. The summed E-state index contributed by atoms with van der Waals surface area (Å²) in [7, 11) is 0. The summed E-state index contributed by atoms with van der Waals surface area (Å²) in [5.41, 5.74) is 1.02. The quantitative estimate of drug-likeness (QED) is 0.518. The second-order valence-corrected chi connectivity index (χ2v) is 4.48. The SMILES string of the molecule is Ic1cccc2ncnc(I)c12. The Labute approximate surface area is 97.1 Å². The van der Waals surface area contributed by atoms with Crippen LogP contribution in [0, 0.1) is 7.27 Å². The van der Waals surface area contributed by atoms with Gasteiger partial charge in [-0.25, -0.2) is 9.97 Å². The topological polar surface area (TPSA) is 25.8 Å². The van der Waals surface area contributed by atoms with E-state index in [2.05, 4.69) is 61.2 Å². The number of fused-ring (bicyclic) bond motifs is 1. The Kier molecular flexibility index (Phi) is 2.44. The van der Waals surface area contributed by atoms with E-state index in [0.717, 1.165) is 14.6 Å². The van der Waals surface area contributed by atoms with E-state index < -0.39 is 0 Å². The molecule has 2 rings (SSSR count). The standard InChI is InChI=1S/C8H4I2N2/c9-5-2-1-3-6-7(5)8(10)12-4-11-6/h1-4H. The van der Waals surface area contributed by atoms with Crippen LogP contribution in [0.3, 0.4) is 0 Å². The maximum Gasteiger partial charge on any atom is 0.117 e. The number of hydrogen-bond acceptors (Lipinski definition) is 2. The smallest absolute Gasteiger partial charge is 0.117 e. The van der Waals surface area contributed by atoms with E-state index >= 15 is 0 Å². The average Bonchev–Trinajstić information content (AvgIpc) is 2.04. The van der Waals surface area contributed by atoms with Crippen LogP contribution in [0.1, 0.15) is 0 Å². The molecule has 0 atom stereocenters. The van der Waals surface area contributed by atoms with Gasteiger partial charge in [-0.05, 0) is 57.3 Å². The molecule has 1 aromatic carbocycles. The van der Waals surface area contributed by atoms with E-state index in [1.807, 2.05) is 12.1 Å². The maximum atomic E-state index is 4.18. The van der Waals surface area contributed by atoms with Gasteiger partial charge in [0.05, 0.1) is 5.52 Å². The molecule has 1 aromatic heterocycles. The van der Waals surface area contributed by atoms with Crippen LogP contribution in [0.2, 0.25) is 0 Å². The van der Waals surface area contributed by atoms with E-state index in [1.54, 1.807) is 6.33 Å². The van der Waals surface area contributed by atoms with Gasteiger partial charge in [0.15, 0.2) is 0 Å². The highest BCUT2D eigenvalue weighted by Crippen LogP contribution is 2.21. The van der Waals surface area contributed by atoms with Crippen molar-refractivity contribution in [3.63, 3.8) is 0 Å². The van der Waals surface area contributed by atoms with Crippen molar-refractivity contribution >= 4 is 56.1 Å². The average molecular weight is 382 g/mol. The predicted molar refractivity (Wildman–Crippen MR) is 65.0 cm³/mol. The van der Waals surface area contributed by atoms with E-state index in [9.17, 15) is 0 Å². The van der Waals surface area contributed by atoms with Gasteiger partial charge in [0.1, 0.15) is 10.0 Å². The largest absolute Gasteiger partial charge is 0.236 e. The third kappa shape index (κ3) is 1.41. The molecule has 0 unspecified atom stereocenters. The first-order chi connectivity index (χ1) is 5.79. The monoisotopic (exact) mass is 382 g/mol. The first kappa shape index (κ1) is 8.61. The highest BCUT2D eigenvalue weighted by Gasteiger charge is 2.02. The van der Waals surface area contributed by atoms with Crippen molar-refractivity contribution in [2.45, 2.75) is 0 Å². The Balaban J connectivity index is 2.96. The van der Waals surface area contributed by atoms with Crippen LogP contribution < -0.4 is 0 Å². The number of rotatable bonds is 0. The zero-order valence-electron chi connectivity index (χ0n) is 5.96. The lowest BCUT2D eigenvalue weighted by Crippen LogP contribution is -1.88. The van der Waals surface area contributed by atoms with Gasteiger partial charge in [-0.2, -0.15) is 0 Å². The van der Waals surface area contributed by atoms with Crippen LogP contribution in [-0.4, -0.2) is 9.97 Å². The molecule has 0 saturated carbocycles. The van der Waals surface area contributed by atoms with Crippen molar-refractivity contribution in [1.29, 1.82) is 0 Å². The maximum absolute atomic E-state index is 4.18. The van der Waals surface area contributed by atoms with Crippen LogP contribution >= 0.6 is 45.2 Å². The van der Waals surface area contributed by atoms with Crippen molar-refractivity contribution in [3.8, 4) is 0 Å². The van der Waals surface area contributed by atoms with Gasteiger partial charge < -0.3 is 0 Å². The molecule has 0 aliphatic carbocycles. The molecule has 0 saturated heterocycles. The van der Waals surface area contributed by atoms with E-state index in [0.29, 0.717) is 0 Å².